The molecule has 0 aliphatic carbocycles. The monoisotopic (exact) mass is 287 g/mol. The molecule has 0 bridgehead atoms. The molecular weight excluding hydrogens is 266 g/mol. The van der Waals surface area contributed by atoms with Gasteiger partial charge in [-0.1, -0.05) is 20.8 Å². The maximum atomic E-state index is 12.2. The third-order valence-corrected chi connectivity index (χ3v) is 3.91. The number of nitrogens with zero attached hydrogens (tertiary/aromatic N) is 1. The van der Waals surface area contributed by atoms with Gasteiger partial charge in [0.2, 0.25) is 17.7 Å². The van der Waals surface area contributed by atoms with E-state index >= 15 is 0 Å². The molecule has 0 radical (unpaired) electrons. The molecule has 0 unspecified atom stereocenters. The lowest BCUT2D eigenvalue weighted by atomic mass is 9.95. The molecule has 19 heavy (non-hydrogen) atoms. The van der Waals surface area contributed by atoms with E-state index in [1.54, 1.807) is 27.7 Å². The van der Waals surface area contributed by atoms with Crippen LogP contribution in [0.1, 0.15) is 27.7 Å². The number of rotatable bonds is 3. The Kier molecular flexibility index (Phi) is 4.84. The van der Waals surface area contributed by atoms with Crippen LogP contribution in [0.15, 0.2) is 0 Å². The minimum absolute atomic E-state index is 0.198. The smallest absolute Gasteiger partial charge is 0.246 e. The fourth-order valence-corrected chi connectivity index (χ4v) is 2.80. The maximum Gasteiger partial charge on any atom is 0.246 e. The highest BCUT2D eigenvalue weighted by molar-refractivity contribution is 7.99. The Morgan fingerprint density at radius 3 is 2.42 bits per heavy atom. The summed E-state index contributed by atoms with van der Waals surface area (Å²) >= 11 is 1.48. The van der Waals surface area contributed by atoms with Crippen molar-refractivity contribution in [2.75, 3.05) is 11.6 Å². The van der Waals surface area contributed by atoms with E-state index in [0.29, 0.717) is 11.6 Å². The van der Waals surface area contributed by atoms with Crippen LogP contribution in [-0.2, 0) is 14.4 Å². The lowest BCUT2D eigenvalue weighted by Crippen LogP contribution is -2.53. The van der Waals surface area contributed by atoms with Crippen molar-refractivity contribution in [3.05, 3.63) is 0 Å². The van der Waals surface area contributed by atoms with Crippen molar-refractivity contribution in [3.63, 3.8) is 0 Å². The second-order valence-electron chi connectivity index (χ2n) is 5.67. The van der Waals surface area contributed by atoms with Gasteiger partial charge < -0.3 is 16.0 Å². The van der Waals surface area contributed by atoms with Crippen molar-refractivity contribution in [3.8, 4) is 0 Å². The second kappa shape index (κ2) is 5.81. The van der Waals surface area contributed by atoms with Gasteiger partial charge in [-0.15, -0.1) is 11.8 Å². The molecule has 1 aliphatic rings. The summed E-state index contributed by atoms with van der Waals surface area (Å²) in [5, 5.41) is 2.66. The fourth-order valence-electron chi connectivity index (χ4n) is 1.62. The highest BCUT2D eigenvalue weighted by atomic mass is 32.2. The van der Waals surface area contributed by atoms with E-state index in [9.17, 15) is 14.4 Å². The van der Waals surface area contributed by atoms with E-state index in [4.69, 9.17) is 5.73 Å². The van der Waals surface area contributed by atoms with Gasteiger partial charge in [0.15, 0.2) is 0 Å². The normalized spacial score (nSPS) is 21.1. The van der Waals surface area contributed by atoms with Gasteiger partial charge >= 0.3 is 0 Å². The molecule has 1 saturated heterocycles. The first kappa shape index (κ1) is 15.8. The third-order valence-electron chi connectivity index (χ3n) is 2.89. The highest BCUT2D eigenvalue weighted by Gasteiger charge is 2.36. The lowest BCUT2D eigenvalue weighted by molar-refractivity contribution is -0.141. The molecule has 0 aromatic heterocycles. The number of primary amides is 1. The first-order valence-electron chi connectivity index (χ1n) is 6.13. The molecule has 2 atom stereocenters. The van der Waals surface area contributed by atoms with Crippen molar-refractivity contribution in [1.29, 1.82) is 0 Å². The summed E-state index contributed by atoms with van der Waals surface area (Å²) < 4.78 is 0. The number of carbonyl (C=O) groups excluding carboxylic acids is 3. The average Bonchev–Trinajstić information content (AvgIpc) is 2.75. The van der Waals surface area contributed by atoms with Crippen LogP contribution in [0.3, 0.4) is 0 Å². The topological polar surface area (TPSA) is 92.5 Å². The Morgan fingerprint density at radius 1 is 1.37 bits per heavy atom. The van der Waals surface area contributed by atoms with Crippen LogP contribution in [-0.4, -0.2) is 46.3 Å². The van der Waals surface area contributed by atoms with Crippen molar-refractivity contribution < 1.29 is 14.4 Å². The Bertz CT molecular complexity index is 392. The standard InChI is InChI=1S/C12H21N3O3S/c1-7(14-11(18)12(2,3)4)10(17)15-6-19-5-8(15)9(13)16/h7-8H,5-6H2,1-4H3,(H2,13,16)(H,14,18)/t7-,8+/m0/s1. The van der Waals surface area contributed by atoms with Crippen LogP contribution in [0.2, 0.25) is 0 Å². The van der Waals surface area contributed by atoms with Crippen LogP contribution < -0.4 is 11.1 Å². The molecule has 6 nitrogen and oxygen atoms in total. The van der Waals surface area contributed by atoms with Gasteiger partial charge in [-0.25, -0.2) is 0 Å². The van der Waals surface area contributed by atoms with Gasteiger partial charge in [-0.3, -0.25) is 14.4 Å². The minimum Gasteiger partial charge on any atom is -0.368 e. The van der Waals surface area contributed by atoms with Crippen molar-refractivity contribution in [2.45, 2.75) is 39.8 Å². The zero-order valence-electron chi connectivity index (χ0n) is 11.7. The SMILES string of the molecule is C[C@H](NC(=O)C(C)(C)C)C(=O)N1CSC[C@@H]1C(N)=O. The predicted molar refractivity (Wildman–Crippen MR) is 74.2 cm³/mol. The van der Waals surface area contributed by atoms with E-state index < -0.39 is 23.4 Å². The molecule has 1 rings (SSSR count). The Labute approximate surface area is 117 Å². The van der Waals surface area contributed by atoms with Crippen LogP contribution in [0.5, 0.6) is 0 Å². The fraction of sp³-hybridized carbons (Fsp3) is 0.750. The molecule has 0 aromatic rings. The molecule has 3 N–H and O–H groups in total. The van der Waals surface area contributed by atoms with Crippen LogP contribution >= 0.6 is 11.8 Å². The minimum atomic E-state index is -0.660. The number of thioether (sulfide) groups is 1. The van der Waals surface area contributed by atoms with E-state index in [1.807, 2.05) is 0 Å². The zero-order valence-corrected chi connectivity index (χ0v) is 12.5. The van der Waals surface area contributed by atoms with Crippen molar-refractivity contribution in [1.82, 2.24) is 10.2 Å². The summed E-state index contributed by atoms with van der Waals surface area (Å²) in [4.78, 5) is 36.7. The Hall–Kier alpha value is -1.24. The van der Waals surface area contributed by atoms with E-state index in [2.05, 4.69) is 5.32 Å². The van der Waals surface area contributed by atoms with Gasteiger partial charge in [-0.2, -0.15) is 0 Å². The maximum absolute atomic E-state index is 12.2. The molecule has 0 saturated carbocycles. The summed E-state index contributed by atoms with van der Waals surface area (Å²) in [5.41, 5.74) is 4.70. The number of hydrogen-bond donors (Lipinski definition) is 2. The van der Waals surface area contributed by atoms with Gasteiger partial charge in [0.25, 0.3) is 0 Å². The predicted octanol–water partition coefficient (Wildman–Crippen LogP) is -0.0760. The van der Waals surface area contributed by atoms with Crippen molar-refractivity contribution >= 4 is 29.5 Å². The summed E-state index contributed by atoms with van der Waals surface area (Å²) in [6.45, 7) is 6.94. The highest BCUT2D eigenvalue weighted by Crippen LogP contribution is 2.21. The van der Waals surface area contributed by atoms with Crippen LogP contribution in [0, 0.1) is 5.41 Å². The number of hydrogen-bond acceptors (Lipinski definition) is 4. The molecule has 1 aliphatic heterocycles. The number of carbonyl (C=O) groups is 3. The van der Waals surface area contributed by atoms with Gasteiger partial charge in [0.1, 0.15) is 12.1 Å². The molecule has 3 amide bonds. The van der Waals surface area contributed by atoms with E-state index in [1.165, 1.54) is 16.7 Å². The first-order valence-corrected chi connectivity index (χ1v) is 7.28. The number of nitrogens with two attached hydrogens (primary N) is 1. The summed E-state index contributed by atoms with van der Waals surface area (Å²) in [6, 6.07) is -1.24. The van der Waals surface area contributed by atoms with Gasteiger partial charge in [0.05, 0.1) is 5.88 Å². The van der Waals surface area contributed by atoms with E-state index in [0.717, 1.165) is 0 Å². The largest absolute Gasteiger partial charge is 0.368 e. The lowest BCUT2D eigenvalue weighted by Gasteiger charge is -2.27. The molecule has 108 valence electrons. The van der Waals surface area contributed by atoms with Crippen LogP contribution in [0.4, 0.5) is 0 Å². The Balaban J connectivity index is 2.67. The zero-order chi connectivity index (χ0) is 14.8. The molecule has 1 fully saturated rings. The Morgan fingerprint density at radius 2 is 1.95 bits per heavy atom. The van der Waals surface area contributed by atoms with Crippen molar-refractivity contribution in [2.24, 2.45) is 11.1 Å². The molecule has 7 heteroatoms. The van der Waals surface area contributed by atoms with E-state index in [-0.39, 0.29) is 11.8 Å². The summed E-state index contributed by atoms with van der Waals surface area (Å²) in [7, 11) is 0. The average molecular weight is 287 g/mol. The molecule has 0 aromatic carbocycles. The summed E-state index contributed by atoms with van der Waals surface area (Å²) in [6.07, 6.45) is 0. The molecule has 0 spiro atoms. The molecular formula is C12H21N3O3S. The third kappa shape index (κ3) is 3.86. The number of nitrogens with one attached hydrogen (secondary N) is 1. The molecule has 1 heterocycles. The van der Waals surface area contributed by atoms with Gasteiger partial charge in [0, 0.05) is 11.2 Å². The first-order chi connectivity index (χ1) is 8.64. The second-order valence-corrected chi connectivity index (χ2v) is 6.67. The van der Waals surface area contributed by atoms with Crippen LogP contribution in [0.25, 0.3) is 0 Å². The summed E-state index contributed by atoms with van der Waals surface area (Å²) in [5.74, 6) is -0.0293. The van der Waals surface area contributed by atoms with Gasteiger partial charge in [-0.05, 0) is 6.92 Å². The number of amides is 3. The quantitative estimate of drug-likeness (QED) is 0.759.